The van der Waals surface area contributed by atoms with E-state index in [0.717, 1.165) is 16.3 Å². The van der Waals surface area contributed by atoms with Crippen molar-refractivity contribution in [3.8, 4) is 0 Å². The first-order chi connectivity index (χ1) is 7.68. The molecule has 0 radical (unpaired) electrons. The first kappa shape index (κ1) is 10.5. The topological polar surface area (TPSA) is 52.2 Å². The van der Waals surface area contributed by atoms with Gasteiger partial charge in [-0.2, -0.15) is 0 Å². The fourth-order valence-electron chi connectivity index (χ4n) is 1.88. The van der Waals surface area contributed by atoms with Crippen molar-refractivity contribution in [3.63, 3.8) is 0 Å². The zero-order valence-electron chi connectivity index (χ0n) is 8.94. The molecule has 0 saturated carbocycles. The van der Waals surface area contributed by atoms with Crippen molar-refractivity contribution < 1.29 is 9.90 Å². The second-order valence-electron chi connectivity index (χ2n) is 3.72. The molecule has 1 N–H and O–H groups in total. The van der Waals surface area contributed by atoms with Gasteiger partial charge in [-0.15, -0.1) is 0 Å². The normalized spacial score (nSPS) is 12.3. The van der Waals surface area contributed by atoms with Crippen molar-refractivity contribution >= 4 is 16.9 Å². The molecule has 0 aromatic heterocycles. The highest BCUT2D eigenvalue weighted by Gasteiger charge is 2.07. The lowest BCUT2D eigenvalue weighted by atomic mass is 10.00. The number of nitrogens with one attached hydrogen (secondary N) is 1. The fourth-order valence-corrected chi connectivity index (χ4v) is 1.88. The molecule has 0 aliphatic heterocycles. The molecule has 0 aliphatic carbocycles. The van der Waals surface area contributed by atoms with Crippen LogP contribution < -0.4 is 10.4 Å². The summed E-state index contributed by atoms with van der Waals surface area (Å²) in [5, 5.41) is 15.0. The Bertz CT molecular complexity index is 517. The molecule has 3 nitrogen and oxygen atoms in total. The van der Waals surface area contributed by atoms with Gasteiger partial charge in [-0.05, 0) is 23.3 Å². The minimum absolute atomic E-state index is 0.268. The lowest BCUT2D eigenvalue weighted by Crippen LogP contribution is -2.38. The molecule has 0 bridgehead atoms. The van der Waals surface area contributed by atoms with Gasteiger partial charge in [0, 0.05) is 0 Å². The number of carbonyl (C=O) groups is 1. The predicted molar refractivity (Wildman–Crippen MR) is 60.9 cm³/mol. The first-order valence-electron chi connectivity index (χ1n) is 5.13. The molecule has 2 aromatic carbocycles. The Kier molecular flexibility index (Phi) is 2.77. The van der Waals surface area contributed by atoms with Crippen molar-refractivity contribution in [2.45, 2.75) is 13.0 Å². The number of rotatable bonds is 2. The van der Waals surface area contributed by atoms with Crippen LogP contribution in [0.5, 0.6) is 0 Å². The largest absolute Gasteiger partial charge is 0.530 e. The maximum Gasteiger partial charge on any atom is 0.134 e. The molecular weight excluding hydrogens is 202 g/mol. The Balaban J connectivity index is 2.47. The van der Waals surface area contributed by atoms with E-state index < -0.39 is 6.09 Å². The highest BCUT2D eigenvalue weighted by atomic mass is 16.4. The molecule has 2 rings (SSSR count). The van der Waals surface area contributed by atoms with E-state index >= 15 is 0 Å². The van der Waals surface area contributed by atoms with Crippen molar-refractivity contribution in [2.75, 3.05) is 0 Å². The average molecular weight is 214 g/mol. The lowest BCUT2D eigenvalue weighted by molar-refractivity contribution is -0.251. The second-order valence-corrected chi connectivity index (χ2v) is 3.72. The SMILES string of the molecule is C[C@H](NC(=O)[O-])c1cccc2ccccc12. The number of fused-ring (bicyclic) bond motifs is 1. The van der Waals surface area contributed by atoms with Crippen molar-refractivity contribution in [3.05, 3.63) is 48.0 Å². The summed E-state index contributed by atoms with van der Waals surface area (Å²) in [4.78, 5) is 10.5. The Morgan fingerprint density at radius 2 is 1.88 bits per heavy atom. The summed E-state index contributed by atoms with van der Waals surface area (Å²) in [6.07, 6.45) is -1.25. The minimum Gasteiger partial charge on any atom is -0.530 e. The van der Waals surface area contributed by atoms with Gasteiger partial charge in [0.05, 0.1) is 6.04 Å². The summed E-state index contributed by atoms with van der Waals surface area (Å²) in [6.45, 7) is 1.80. The van der Waals surface area contributed by atoms with Gasteiger partial charge in [-0.3, -0.25) is 0 Å². The third-order valence-electron chi connectivity index (χ3n) is 2.62. The summed E-state index contributed by atoms with van der Waals surface area (Å²) in [7, 11) is 0. The zero-order chi connectivity index (χ0) is 11.5. The van der Waals surface area contributed by atoms with Gasteiger partial charge in [0.15, 0.2) is 0 Å². The summed E-state index contributed by atoms with van der Waals surface area (Å²) >= 11 is 0. The van der Waals surface area contributed by atoms with Crippen LogP contribution in [0.1, 0.15) is 18.5 Å². The van der Waals surface area contributed by atoms with Crippen LogP contribution in [0.25, 0.3) is 10.8 Å². The van der Waals surface area contributed by atoms with Gasteiger partial charge in [0.25, 0.3) is 0 Å². The second kappa shape index (κ2) is 4.23. The van der Waals surface area contributed by atoms with Crippen LogP contribution in [0, 0.1) is 0 Å². The molecule has 3 heteroatoms. The van der Waals surface area contributed by atoms with Gasteiger partial charge in [-0.25, -0.2) is 0 Å². The standard InChI is InChI=1S/C13H13NO2/c1-9(14-13(15)16)11-8-4-6-10-5-2-3-7-12(10)11/h2-9,14H,1H3,(H,15,16)/p-1/t9-/m0/s1. The van der Waals surface area contributed by atoms with Crippen molar-refractivity contribution in [1.82, 2.24) is 5.32 Å². The Labute approximate surface area is 93.7 Å². The smallest absolute Gasteiger partial charge is 0.134 e. The molecule has 0 spiro atoms. The maximum atomic E-state index is 10.5. The molecule has 1 atom stereocenters. The lowest BCUT2D eigenvalue weighted by Gasteiger charge is -2.17. The van der Waals surface area contributed by atoms with E-state index in [9.17, 15) is 9.90 Å². The summed E-state index contributed by atoms with van der Waals surface area (Å²) < 4.78 is 0. The molecule has 82 valence electrons. The molecule has 0 fully saturated rings. The van der Waals surface area contributed by atoms with E-state index in [4.69, 9.17) is 0 Å². The Morgan fingerprint density at radius 3 is 2.62 bits per heavy atom. The Hall–Kier alpha value is -2.03. The molecule has 0 unspecified atom stereocenters. The summed E-state index contributed by atoms with van der Waals surface area (Å²) in [5.74, 6) is 0. The third-order valence-corrected chi connectivity index (χ3v) is 2.62. The molecule has 1 amide bonds. The Morgan fingerprint density at radius 1 is 1.19 bits per heavy atom. The monoisotopic (exact) mass is 214 g/mol. The minimum atomic E-state index is -1.25. The number of hydrogen-bond acceptors (Lipinski definition) is 2. The summed E-state index contributed by atoms with van der Waals surface area (Å²) in [5.41, 5.74) is 0.960. The molecule has 0 aliphatic rings. The van der Waals surface area contributed by atoms with Gasteiger partial charge >= 0.3 is 0 Å². The van der Waals surface area contributed by atoms with Crippen LogP contribution in [0.2, 0.25) is 0 Å². The maximum absolute atomic E-state index is 10.5. The van der Waals surface area contributed by atoms with E-state index in [2.05, 4.69) is 5.32 Å². The van der Waals surface area contributed by atoms with Crippen molar-refractivity contribution in [1.29, 1.82) is 0 Å². The zero-order valence-corrected chi connectivity index (χ0v) is 8.94. The van der Waals surface area contributed by atoms with Crippen LogP contribution in [0.3, 0.4) is 0 Å². The van der Waals surface area contributed by atoms with Crippen LogP contribution in [0.15, 0.2) is 42.5 Å². The number of carboxylic acid groups (broad SMARTS) is 1. The van der Waals surface area contributed by atoms with Crippen LogP contribution in [-0.2, 0) is 0 Å². The van der Waals surface area contributed by atoms with Crippen LogP contribution >= 0.6 is 0 Å². The van der Waals surface area contributed by atoms with E-state index in [1.54, 1.807) is 6.92 Å². The third kappa shape index (κ3) is 1.98. The van der Waals surface area contributed by atoms with E-state index in [1.807, 2.05) is 42.5 Å². The molecule has 0 saturated heterocycles. The number of benzene rings is 2. The summed E-state index contributed by atoms with van der Waals surface area (Å²) in [6, 6.07) is 13.5. The van der Waals surface area contributed by atoms with Gasteiger partial charge < -0.3 is 15.2 Å². The number of hydrogen-bond donors (Lipinski definition) is 1. The molecule has 16 heavy (non-hydrogen) atoms. The average Bonchev–Trinajstić information content (AvgIpc) is 2.27. The van der Waals surface area contributed by atoms with E-state index in [-0.39, 0.29) is 6.04 Å². The van der Waals surface area contributed by atoms with E-state index in [1.165, 1.54) is 0 Å². The van der Waals surface area contributed by atoms with Gasteiger partial charge in [0.1, 0.15) is 6.09 Å². The van der Waals surface area contributed by atoms with Gasteiger partial charge in [0.2, 0.25) is 0 Å². The first-order valence-corrected chi connectivity index (χ1v) is 5.13. The quantitative estimate of drug-likeness (QED) is 0.829. The van der Waals surface area contributed by atoms with Gasteiger partial charge in [-0.1, -0.05) is 42.5 Å². The van der Waals surface area contributed by atoms with E-state index in [0.29, 0.717) is 0 Å². The number of amides is 1. The highest BCUT2D eigenvalue weighted by Crippen LogP contribution is 2.23. The number of carbonyl (C=O) groups excluding carboxylic acids is 1. The van der Waals surface area contributed by atoms with Crippen LogP contribution in [-0.4, -0.2) is 6.09 Å². The molecule has 2 aromatic rings. The molecular formula is C13H12NO2-. The van der Waals surface area contributed by atoms with Crippen LogP contribution in [0.4, 0.5) is 4.79 Å². The predicted octanol–water partition coefficient (Wildman–Crippen LogP) is 1.83. The highest BCUT2D eigenvalue weighted by molar-refractivity contribution is 5.86. The fraction of sp³-hybridized carbons (Fsp3) is 0.154. The van der Waals surface area contributed by atoms with Crippen molar-refractivity contribution in [2.24, 2.45) is 0 Å². The molecule has 0 heterocycles.